The van der Waals surface area contributed by atoms with Gasteiger partial charge in [-0.1, -0.05) is 18.2 Å². The number of ether oxygens (including phenoxy) is 2. The van der Waals surface area contributed by atoms with Gasteiger partial charge in [-0.15, -0.1) is 5.10 Å². The van der Waals surface area contributed by atoms with Crippen LogP contribution in [0.15, 0.2) is 46.9 Å². The Balaban J connectivity index is 1.38. The largest absolute Gasteiger partial charge is 0.493 e. The molecule has 1 aromatic heterocycles. The van der Waals surface area contributed by atoms with Crippen LogP contribution in [0.5, 0.6) is 11.5 Å². The van der Waals surface area contributed by atoms with Gasteiger partial charge in [-0.25, -0.2) is 0 Å². The van der Waals surface area contributed by atoms with E-state index in [0.717, 1.165) is 42.7 Å². The minimum absolute atomic E-state index is 0.270. The monoisotopic (exact) mass is 496 g/mol. The highest BCUT2D eigenvalue weighted by atomic mass is 32.1. The van der Waals surface area contributed by atoms with Gasteiger partial charge in [0, 0.05) is 11.1 Å². The quantitative estimate of drug-likeness (QED) is 0.489. The van der Waals surface area contributed by atoms with E-state index in [2.05, 4.69) is 5.10 Å². The molecule has 2 aromatic carbocycles. The molecule has 0 radical (unpaired) electrons. The molecule has 0 amide bonds. The summed E-state index contributed by atoms with van der Waals surface area (Å²) in [7, 11) is 3.12. The van der Waals surface area contributed by atoms with Crippen molar-refractivity contribution in [1.82, 2.24) is 9.78 Å². The molecular formula is C23H27F3N4O3S+2. The van der Waals surface area contributed by atoms with Gasteiger partial charge in [0.05, 0.1) is 19.8 Å². The molecule has 1 aliphatic heterocycles. The summed E-state index contributed by atoms with van der Waals surface area (Å²) in [5, 5.41) is 4.53. The average molecular weight is 497 g/mol. The first-order chi connectivity index (χ1) is 16.3. The van der Waals surface area contributed by atoms with Crippen LogP contribution in [0.3, 0.4) is 0 Å². The van der Waals surface area contributed by atoms with Crippen molar-refractivity contribution in [3.05, 3.63) is 58.4 Å². The summed E-state index contributed by atoms with van der Waals surface area (Å²) in [6.45, 7) is 4.00. The maximum atomic E-state index is 13.3. The van der Waals surface area contributed by atoms with Crippen LogP contribution >= 0.6 is 12.2 Å². The van der Waals surface area contributed by atoms with Gasteiger partial charge in [-0.3, -0.25) is 0 Å². The van der Waals surface area contributed by atoms with Crippen molar-refractivity contribution in [3.63, 3.8) is 0 Å². The van der Waals surface area contributed by atoms with Gasteiger partial charge in [0.2, 0.25) is 5.89 Å². The van der Waals surface area contributed by atoms with Gasteiger partial charge in [0.1, 0.15) is 32.7 Å². The summed E-state index contributed by atoms with van der Waals surface area (Å²) >= 11 is 5.36. The molecule has 2 N–H and O–H groups in total. The fraction of sp³-hybridized carbons (Fsp3) is 0.391. The Hall–Kier alpha value is -2.89. The molecule has 1 aliphatic rings. The second-order valence-electron chi connectivity index (χ2n) is 8.23. The summed E-state index contributed by atoms with van der Waals surface area (Å²) in [5.41, 5.74) is 0.510. The molecular weight excluding hydrogens is 469 g/mol. The van der Waals surface area contributed by atoms with Crippen LogP contribution < -0.4 is 19.3 Å². The van der Waals surface area contributed by atoms with Crippen molar-refractivity contribution in [3.8, 4) is 23.0 Å². The fourth-order valence-corrected chi connectivity index (χ4v) is 4.40. The zero-order valence-corrected chi connectivity index (χ0v) is 19.8. The number of nitrogens with zero attached hydrogens (tertiary/aromatic N) is 2. The van der Waals surface area contributed by atoms with Crippen molar-refractivity contribution in [1.29, 1.82) is 0 Å². The van der Waals surface area contributed by atoms with E-state index in [0.29, 0.717) is 36.2 Å². The van der Waals surface area contributed by atoms with Crippen molar-refractivity contribution in [2.75, 3.05) is 40.4 Å². The number of aromatic nitrogens is 2. The van der Waals surface area contributed by atoms with Crippen LogP contribution in [-0.4, -0.2) is 50.2 Å². The Bertz CT molecular complexity index is 1190. The highest BCUT2D eigenvalue weighted by Gasteiger charge is 2.34. The van der Waals surface area contributed by atoms with E-state index < -0.39 is 11.7 Å². The average Bonchev–Trinajstić information content (AvgIpc) is 3.19. The Labute approximate surface area is 200 Å². The van der Waals surface area contributed by atoms with Crippen LogP contribution in [0.25, 0.3) is 11.5 Å². The predicted octanol–water partition coefficient (Wildman–Crippen LogP) is 1.85. The van der Waals surface area contributed by atoms with Gasteiger partial charge < -0.3 is 23.7 Å². The zero-order chi connectivity index (χ0) is 24.3. The molecule has 34 heavy (non-hydrogen) atoms. The van der Waals surface area contributed by atoms with E-state index >= 15 is 0 Å². The molecule has 11 heteroatoms. The summed E-state index contributed by atoms with van der Waals surface area (Å²) in [4.78, 5) is 2.65. The van der Waals surface area contributed by atoms with E-state index in [1.165, 1.54) is 11.0 Å². The van der Waals surface area contributed by atoms with E-state index in [-0.39, 0.29) is 4.84 Å². The molecule has 0 saturated carbocycles. The molecule has 0 aliphatic carbocycles. The lowest BCUT2D eigenvalue weighted by Gasteiger charge is -2.29. The minimum Gasteiger partial charge on any atom is -0.493 e. The number of piperazine rings is 1. The van der Waals surface area contributed by atoms with E-state index in [9.17, 15) is 13.2 Å². The topological polar surface area (TPSA) is 58.3 Å². The Morgan fingerprint density at radius 1 is 1.00 bits per heavy atom. The smallest absolute Gasteiger partial charge is 0.416 e. The summed E-state index contributed by atoms with van der Waals surface area (Å²) in [6.07, 6.45) is -4.34. The van der Waals surface area contributed by atoms with Crippen molar-refractivity contribution in [2.45, 2.75) is 19.4 Å². The van der Waals surface area contributed by atoms with Gasteiger partial charge in [0.25, 0.3) is 4.84 Å². The first kappa shape index (κ1) is 24.2. The normalized spacial score (nSPS) is 18.6. The lowest BCUT2D eigenvalue weighted by Crippen LogP contribution is -3.27. The highest BCUT2D eigenvalue weighted by molar-refractivity contribution is 7.71. The Morgan fingerprint density at radius 2 is 1.68 bits per heavy atom. The fourth-order valence-electron chi connectivity index (χ4n) is 4.22. The van der Waals surface area contributed by atoms with Gasteiger partial charge in [0.15, 0.2) is 18.2 Å². The number of methoxy groups -OCH3 is 2. The third kappa shape index (κ3) is 5.43. The number of hydrogen-bond acceptors (Lipinski definition) is 5. The maximum Gasteiger partial charge on any atom is 0.416 e. The second kappa shape index (κ2) is 10.2. The molecule has 0 bridgehead atoms. The Kier molecular flexibility index (Phi) is 7.24. The number of nitrogens with one attached hydrogen (secondary N) is 2. The first-order valence-electron chi connectivity index (χ1n) is 10.9. The molecule has 1 saturated heterocycles. The first-order valence-corrected chi connectivity index (χ1v) is 11.3. The number of alkyl halides is 3. The minimum atomic E-state index is -4.34. The van der Waals surface area contributed by atoms with Crippen molar-refractivity contribution in [2.24, 2.45) is 0 Å². The van der Waals surface area contributed by atoms with Gasteiger partial charge in [-0.05, 0) is 36.5 Å². The molecule has 3 aromatic rings. The lowest BCUT2D eigenvalue weighted by atomic mass is 10.1. The van der Waals surface area contributed by atoms with Crippen molar-refractivity contribution < 1.29 is 36.9 Å². The third-order valence-corrected chi connectivity index (χ3v) is 6.33. The lowest BCUT2D eigenvalue weighted by molar-refractivity contribution is -1.03. The second-order valence-corrected chi connectivity index (χ2v) is 8.58. The number of benzene rings is 2. The third-order valence-electron chi connectivity index (χ3n) is 6.04. The van der Waals surface area contributed by atoms with E-state index in [1.54, 1.807) is 43.2 Å². The SMILES string of the molecule is COc1ccc(-c2nn(C[NH+]3CC[NH+](Cc4ccccc4C(F)(F)F)CC3)c(=S)o2)cc1OC. The number of rotatable bonds is 7. The molecule has 0 atom stereocenters. The molecule has 7 nitrogen and oxygen atoms in total. The molecule has 0 unspecified atom stereocenters. The van der Waals surface area contributed by atoms with Crippen LogP contribution in [0.4, 0.5) is 13.2 Å². The van der Waals surface area contributed by atoms with Crippen molar-refractivity contribution >= 4 is 12.2 Å². The van der Waals surface area contributed by atoms with Gasteiger partial charge in [-0.2, -0.15) is 17.9 Å². The summed E-state index contributed by atoms with van der Waals surface area (Å²) in [6, 6.07) is 11.2. The molecule has 0 spiro atoms. The maximum absolute atomic E-state index is 13.3. The van der Waals surface area contributed by atoms with Crippen LogP contribution in [0.2, 0.25) is 0 Å². The summed E-state index contributed by atoms with van der Waals surface area (Å²) < 4.78 is 57.8. The van der Waals surface area contributed by atoms with E-state index in [1.807, 2.05) is 6.07 Å². The highest BCUT2D eigenvalue weighted by Crippen LogP contribution is 2.32. The molecule has 182 valence electrons. The standard InChI is InChI=1S/C23H25F3N4O3S/c1-31-19-8-7-16(13-20(19)32-2)21-27-30(22(34)33-21)15-29-11-9-28(10-12-29)14-17-5-3-4-6-18(17)23(24,25)26/h3-8,13H,9-12,14-15H2,1-2H3/p+2. The zero-order valence-electron chi connectivity index (χ0n) is 18.9. The summed E-state index contributed by atoms with van der Waals surface area (Å²) in [5.74, 6) is 1.55. The number of hydrogen-bond donors (Lipinski definition) is 2. The Morgan fingerprint density at radius 3 is 2.35 bits per heavy atom. The van der Waals surface area contributed by atoms with Crippen LogP contribution in [0.1, 0.15) is 11.1 Å². The number of halogens is 3. The van der Waals surface area contributed by atoms with E-state index in [4.69, 9.17) is 26.1 Å². The molecule has 4 rings (SSSR count). The van der Waals surface area contributed by atoms with Gasteiger partial charge >= 0.3 is 6.18 Å². The molecule has 1 fully saturated rings. The number of quaternary nitrogens is 2. The van der Waals surface area contributed by atoms with Crippen LogP contribution in [0, 0.1) is 4.84 Å². The predicted molar refractivity (Wildman–Crippen MR) is 120 cm³/mol. The molecule has 2 heterocycles. The van der Waals surface area contributed by atoms with Crippen LogP contribution in [-0.2, 0) is 19.4 Å².